The number of benzene rings is 2. The highest BCUT2D eigenvalue weighted by Gasteiger charge is 2.13. The van der Waals surface area contributed by atoms with Crippen LogP contribution < -0.4 is 10.6 Å². The van der Waals surface area contributed by atoms with Crippen molar-refractivity contribution in [2.45, 2.75) is 13.0 Å². The molecule has 0 aromatic heterocycles. The molecular formula is C18H16BrN3O. The van der Waals surface area contributed by atoms with Crippen LogP contribution >= 0.6 is 15.9 Å². The third-order valence-corrected chi connectivity index (χ3v) is 3.95. The first-order chi connectivity index (χ1) is 11.1. The summed E-state index contributed by atoms with van der Waals surface area (Å²) in [4.78, 5) is 12.2. The van der Waals surface area contributed by atoms with E-state index in [9.17, 15) is 10.1 Å². The van der Waals surface area contributed by atoms with E-state index in [1.54, 1.807) is 0 Å². The summed E-state index contributed by atoms with van der Waals surface area (Å²) in [6.07, 6.45) is 1.41. The van der Waals surface area contributed by atoms with Gasteiger partial charge in [0.15, 0.2) is 0 Å². The van der Waals surface area contributed by atoms with Crippen molar-refractivity contribution in [3.63, 3.8) is 0 Å². The summed E-state index contributed by atoms with van der Waals surface area (Å²) in [5, 5.41) is 15.0. The average molecular weight is 370 g/mol. The summed E-state index contributed by atoms with van der Waals surface area (Å²) < 4.78 is 0.853. The Labute approximate surface area is 144 Å². The molecule has 5 heteroatoms. The summed E-state index contributed by atoms with van der Waals surface area (Å²) in [5.74, 6) is -0.414. The van der Waals surface area contributed by atoms with Crippen molar-refractivity contribution < 1.29 is 4.79 Å². The predicted octanol–water partition coefficient (Wildman–Crippen LogP) is 4.15. The van der Waals surface area contributed by atoms with E-state index >= 15 is 0 Å². The molecule has 2 rings (SSSR count). The Morgan fingerprint density at radius 2 is 1.83 bits per heavy atom. The van der Waals surface area contributed by atoms with Gasteiger partial charge in [-0.25, -0.2) is 0 Å². The van der Waals surface area contributed by atoms with E-state index in [2.05, 4.69) is 26.6 Å². The molecule has 1 unspecified atom stereocenters. The number of hydrogen-bond acceptors (Lipinski definition) is 3. The summed E-state index contributed by atoms with van der Waals surface area (Å²) in [7, 11) is 0. The molecule has 1 atom stereocenters. The Hall–Kier alpha value is -2.58. The van der Waals surface area contributed by atoms with Gasteiger partial charge in [0, 0.05) is 10.7 Å². The van der Waals surface area contributed by atoms with E-state index in [0.29, 0.717) is 0 Å². The highest BCUT2D eigenvalue weighted by Crippen LogP contribution is 2.21. The molecule has 2 N–H and O–H groups in total. The maximum Gasteiger partial charge on any atom is 0.263 e. The zero-order chi connectivity index (χ0) is 16.7. The van der Waals surface area contributed by atoms with Crippen LogP contribution in [0, 0.1) is 11.3 Å². The highest BCUT2D eigenvalue weighted by atomic mass is 79.9. The van der Waals surface area contributed by atoms with Gasteiger partial charge in [-0.1, -0.05) is 42.5 Å². The largest absolute Gasteiger partial charge is 0.359 e. The van der Waals surface area contributed by atoms with Crippen molar-refractivity contribution in [2.75, 3.05) is 5.32 Å². The van der Waals surface area contributed by atoms with Gasteiger partial charge >= 0.3 is 0 Å². The smallest absolute Gasteiger partial charge is 0.263 e. The number of hydrogen-bond donors (Lipinski definition) is 2. The molecule has 0 aliphatic carbocycles. The summed E-state index contributed by atoms with van der Waals surface area (Å²) in [6.45, 7) is 1.88. The maximum absolute atomic E-state index is 12.2. The van der Waals surface area contributed by atoms with Gasteiger partial charge in [-0.05, 0) is 40.5 Å². The summed E-state index contributed by atoms with van der Waals surface area (Å²) in [5.41, 5.74) is 1.78. The number of nitriles is 1. The molecule has 116 valence electrons. The second-order valence-corrected chi connectivity index (χ2v) is 5.75. The first-order valence-electron chi connectivity index (χ1n) is 7.09. The standard InChI is InChI=1S/C18H16BrN3O/c1-13(14-7-3-2-4-8-14)22-18(23)15(11-20)12-21-17-10-6-5-9-16(17)19/h2-10,12-13,21H,1H3,(H,22,23)/b15-12-. The normalized spacial score (nSPS) is 12.1. The van der Waals surface area contributed by atoms with Gasteiger partial charge in [0.2, 0.25) is 0 Å². The number of rotatable bonds is 5. The second kappa shape index (κ2) is 8.16. The molecule has 0 saturated heterocycles. The number of nitrogens with zero attached hydrogens (tertiary/aromatic N) is 1. The van der Waals surface area contributed by atoms with Crippen LogP contribution in [0.15, 0.2) is 70.8 Å². The van der Waals surface area contributed by atoms with E-state index in [1.165, 1.54) is 6.20 Å². The van der Waals surface area contributed by atoms with Crippen molar-refractivity contribution in [3.8, 4) is 6.07 Å². The van der Waals surface area contributed by atoms with Crippen LogP contribution in [0.25, 0.3) is 0 Å². The van der Waals surface area contributed by atoms with Gasteiger partial charge in [-0.15, -0.1) is 0 Å². The molecule has 0 aliphatic heterocycles. The van der Waals surface area contributed by atoms with Crippen LogP contribution in [-0.4, -0.2) is 5.91 Å². The van der Waals surface area contributed by atoms with Gasteiger partial charge in [0.05, 0.1) is 11.7 Å². The van der Waals surface area contributed by atoms with Gasteiger partial charge in [0.25, 0.3) is 5.91 Å². The maximum atomic E-state index is 12.2. The quantitative estimate of drug-likeness (QED) is 0.614. The molecule has 0 radical (unpaired) electrons. The number of carbonyl (C=O) groups is 1. The first-order valence-corrected chi connectivity index (χ1v) is 7.88. The van der Waals surface area contributed by atoms with E-state index in [-0.39, 0.29) is 11.6 Å². The number of amides is 1. The van der Waals surface area contributed by atoms with E-state index in [1.807, 2.05) is 67.6 Å². The molecule has 0 heterocycles. The van der Waals surface area contributed by atoms with Crippen molar-refractivity contribution in [3.05, 3.63) is 76.4 Å². The fourth-order valence-corrected chi connectivity index (χ4v) is 2.38. The number of halogens is 1. The summed E-state index contributed by atoms with van der Waals surface area (Å²) >= 11 is 3.40. The van der Waals surface area contributed by atoms with Gasteiger partial charge in [0.1, 0.15) is 11.6 Å². The fraction of sp³-hybridized carbons (Fsp3) is 0.111. The lowest BCUT2D eigenvalue weighted by molar-refractivity contribution is -0.117. The van der Waals surface area contributed by atoms with Crippen LogP contribution in [0.4, 0.5) is 5.69 Å². The molecule has 4 nitrogen and oxygen atoms in total. The Bertz CT molecular complexity index is 750. The highest BCUT2D eigenvalue weighted by molar-refractivity contribution is 9.10. The Balaban J connectivity index is 2.05. The number of para-hydroxylation sites is 1. The van der Waals surface area contributed by atoms with Crippen molar-refractivity contribution in [1.29, 1.82) is 5.26 Å². The Morgan fingerprint density at radius 1 is 1.17 bits per heavy atom. The van der Waals surface area contributed by atoms with Gasteiger partial charge < -0.3 is 10.6 Å². The molecular weight excluding hydrogens is 354 g/mol. The fourth-order valence-electron chi connectivity index (χ4n) is 1.98. The lowest BCUT2D eigenvalue weighted by Gasteiger charge is -2.14. The van der Waals surface area contributed by atoms with Crippen LogP contribution in [0.1, 0.15) is 18.5 Å². The minimum absolute atomic E-state index is 0.0172. The monoisotopic (exact) mass is 369 g/mol. The number of anilines is 1. The minimum atomic E-state index is -0.414. The molecule has 23 heavy (non-hydrogen) atoms. The molecule has 0 spiro atoms. The summed E-state index contributed by atoms with van der Waals surface area (Å²) in [6, 6.07) is 18.8. The van der Waals surface area contributed by atoms with E-state index in [0.717, 1.165) is 15.7 Å². The lowest BCUT2D eigenvalue weighted by atomic mass is 10.1. The van der Waals surface area contributed by atoms with E-state index < -0.39 is 5.91 Å². The van der Waals surface area contributed by atoms with Crippen LogP contribution in [0.2, 0.25) is 0 Å². The second-order valence-electron chi connectivity index (χ2n) is 4.90. The van der Waals surface area contributed by atoms with Gasteiger partial charge in [-0.2, -0.15) is 5.26 Å². The average Bonchev–Trinajstić information content (AvgIpc) is 2.57. The zero-order valence-corrected chi connectivity index (χ0v) is 14.2. The topological polar surface area (TPSA) is 64.9 Å². The van der Waals surface area contributed by atoms with Crippen LogP contribution in [0.3, 0.4) is 0 Å². The van der Waals surface area contributed by atoms with Crippen LogP contribution in [-0.2, 0) is 4.79 Å². The minimum Gasteiger partial charge on any atom is -0.359 e. The molecule has 1 amide bonds. The molecule has 0 fully saturated rings. The molecule has 2 aromatic rings. The van der Waals surface area contributed by atoms with Crippen molar-refractivity contribution in [2.24, 2.45) is 0 Å². The van der Waals surface area contributed by atoms with Crippen molar-refractivity contribution in [1.82, 2.24) is 5.32 Å². The molecule has 0 saturated carbocycles. The SMILES string of the molecule is CC(NC(=O)/C(C#N)=C\Nc1ccccc1Br)c1ccccc1. The Morgan fingerprint density at radius 3 is 2.48 bits per heavy atom. The predicted molar refractivity (Wildman–Crippen MR) is 94.5 cm³/mol. The molecule has 0 aliphatic rings. The number of nitrogens with one attached hydrogen (secondary N) is 2. The third kappa shape index (κ3) is 4.70. The molecule has 2 aromatic carbocycles. The third-order valence-electron chi connectivity index (χ3n) is 3.26. The zero-order valence-electron chi connectivity index (χ0n) is 12.6. The first kappa shape index (κ1) is 16.8. The van der Waals surface area contributed by atoms with Crippen LogP contribution in [0.5, 0.6) is 0 Å². The molecule has 0 bridgehead atoms. The number of carbonyl (C=O) groups excluding carboxylic acids is 1. The van der Waals surface area contributed by atoms with Gasteiger partial charge in [-0.3, -0.25) is 4.79 Å². The van der Waals surface area contributed by atoms with Crippen molar-refractivity contribution >= 4 is 27.5 Å². The Kier molecular flexibility index (Phi) is 5.95. The lowest BCUT2D eigenvalue weighted by Crippen LogP contribution is -2.28. The van der Waals surface area contributed by atoms with E-state index in [4.69, 9.17) is 0 Å².